The Morgan fingerprint density at radius 3 is 2.19 bits per heavy atom. The Balaban J connectivity index is 0.00000204. The van der Waals surface area contributed by atoms with Gasteiger partial charge in [0.1, 0.15) is 5.69 Å². The molecule has 1 saturated heterocycles. The van der Waals surface area contributed by atoms with Gasteiger partial charge in [0, 0.05) is 48.1 Å². The van der Waals surface area contributed by atoms with Crippen LogP contribution in [0.4, 0.5) is 5.69 Å². The number of carbonyl (C=O) groups excluding carboxylic acids is 2. The van der Waals surface area contributed by atoms with Crippen LogP contribution < -0.4 is 16.8 Å². The lowest BCUT2D eigenvalue weighted by Crippen LogP contribution is -2.45. The van der Waals surface area contributed by atoms with Gasteiger partial charge in [-0.05, 0) is 102 Å². The molecule has 0 aliphatic carbocycles. The van der Waals surface area contributed by atoms with Gasteiger partial charge in [0.15, 0.2) is 0 Å². The smallest absolute Gasteiger partial charge is 0.309 e. The summed E-state index contributed by atoms with van der Waals surface area (Å²) in [5.74, 6) is -0.282. The van der Waals surface area contributed by atoms with Gasteiger partial charge >= 0.3 is 5.97 Å². The molecule has 1 aliphatic rings. The van der Waals surface area contributed by atoms with Crippen molar-refractivity contribution in [2.24, 2.45) is 23.0 Å². The number of thiazole rings is 1. The van der Waals surface area contributed by atoms with E-state index >= 15 is 0 Å². The number of unbranched alkanes of at least 4 members (excludes halogenated alkanes) is 3. The largest absolute Gasteiger partial charge is 0.483 e. The fourth-order valence-corrected chi connectivity index (χ4v) is 7.77. The zero-order valence-electron chi connectivity index (χ0n) is 37.9. The number of aliphatic hydroxyl groups is 1. The van der Waals surface area contributed by atoms with Crippen LogP contribution >= 0.6 is 11.3 Å². The van der Waals surface area contributed by atoms with E-state index in [4.69, 9.17) is 25.7 Å². The minimum atomic E-state index is -1.02. The molecule has 2 aromatic rings. The van der Waals surface area contributed by atoms with Gasteiger partial charge in [-0.15, -0.1) is 11.3 Å². The van der Waals surface area contributed by atoms with Crippen molar-refractivity contribution in [3.8, 4) is 0 Å². The maximum absolute atomic E-state index is 13.5. The Hall–Kier alpha value is -3.59. The standard InChI is InChI=1S/C36H58N4O4S.C7H15N.CH5NO.CH2O2/c1-9-11-12-13-18-40(32(41)19-25(5)10-2)31(24(3)4)20-26(6)34-39-30(23-45-34)33(42)38-29(22-36(7,8)35(43)44)21-27-14-16-28(37)17-15-27;1-7-5-3-4-6-8(7)2;2*2-1-3/h14-17,23-26,29,31H,9-13,18-22,37H2,1-8H3,(H,38,42)(H,43,44);7H,3-6H2,1-2H3;3H,1-2H2;1H,(H,2,3)/t25-,26?,29?,31?;7-;;/m00../s1. The molecule has 2 heterocycles. The number of nitrogen functional groups attached to an aromatic ring is 1. The molecule has 0 radical (unpaired) electrons. The van der Waals surface area contributed by atoms with Gasteiger partial charge in [-0.25, -0.2) is 4.98 Å². The molecule has 3 rings (SSSR count). The first-order valence-electron chi connectivity index (χ1n) is 21.5. The second-order valence-electron chi connectivity index (χ2n) is 17.0. The van der Waals surface area contributed by atoms with Gasteiger partial charge in [0.25, 0.3) is 12.4 Å². The van der Waals surface area contributed by atoms with E-state index in [1.807, 2.05) is 12.1 Å². The molecule has 1 aromatic heterocycles. The molecular weight excluding hydrogens is 769 g/mol. The minimum absolute atomic E-state index is 0.0648. The highest BCUT2D eigenvalue weighted by molar-refractivity contribution is 7.09. The van der Waals surface area contributed by atoms with E-state index < -0.39 is 17.4 Å². The topological polar surface area (TPSA) is 212 Å². The van der Waals surface area contributed by atoms with E-state index in [0.717, 1.165) is 55.3 Å². The lowest BCUT2D eigenvalue weighted by Gasteiger charge is -2.37. The molecule has 3 unspecified atom stereocenters. The van der Waals surface area contributed by atoms with Crippen molar-refractivity contribution in [3.05, 3.63) is 45.9 Å². The number of aliphatic hydroxyl groups excluding tert-OH is 1. The van der Waals surface area contributed by atoms with Crippen LogP contribution in [-0.4, -0.2) is 99.4 Å². The molecule has 14 heteroatoms. The SMILES string of the molecule is CCCCCCN(C(=O)C[C@@H](C)CC)C(CC(C)c1nc(C(=O)NC(Cc2ccc(N)cc2)CC(C)(C)C(=O)O)cs1)C(C)C.C[C@H]1CCCCN1C.NCO.O=CO. The molecule has 1 aliphatic heterocycles. The molecule has 59 heavy (non-hydrogen) atoms. The van der Waals surface area contributed by atoms with Gasteiger partial charge < -0.3 is 41.9 Å². The van der Waals surface area contributed by atoms with Crippen molar-refractivity contribution in [2.45, 2.75) is 163 Å². The molecule has 338 valence electrons. The highest BCUT2D eigenvalue weighted by Crippen LogP contribution is 2.31. The van der Waals surface area contributed by atoms with Gasteiger partial charge in [-0.1, -0.05) is 85.8 Å². The van der Waals surface area contributed by atoms with Crippen LogP contribution in [0.3, 0.4) is 0 Å². The van der Waals surface area contributed by atoms with Crippen LogP contribution in [0.2, 0.25) is 0 Å². The first-order chi connectivity index (χ1) is 27.8. The van der Waals surface area contributed by atoms with Crippen LogP contribution in [0, 0.1) is 17.3 Å². The Kier molecular flexibility index (Phi) is 28.6. The number of amides is 2. The summed E-state index contributed by atoms with van der Waals surface area (Å²) < 4.78 is 0. The van der Waals surface area contributed by atoms with E-state index in [0.29, 0.717) is 30.1 Å². The molecule has 1 aromatic carbocycles. The maximum Gasteiger partial charge on any atom is 0.309 e. The monoisotopic (exact) mass is 849 g/mol. The number of benzene rings is 1. The third-order valence-electron chi connectivity index (χ3n) is 11.0. The van der Waals surface area contributed by atoms with Gasteiger partial charge in [-0.3, -0.25) is 19.2 Å². The van der Waals surface area contributed by atoms with Crippen LogP contribution in [0.15, 0.2) is 29.6 Å². The Morgan fingerprint density at radius 1 is 1.08 bits per heavy atom. The number of hydrogen-bond acceptors (Lipinski definition) is 10. The van der Waals surface area contributed by atoms with Crippen molar-refractivity contribution >= 4 is 41.3 Å². The summed E-state index contributed by atoms with van der Waals surface area (Å²) in [7, 11) is 2.21. The third-order valence-corrected chi connectivity index (χ3v) is 12.1. The van der Waals surface area contributed by atoms with Crippen LogP contribution in [0.25, 0.3) is 0 Å². The fourth-order valence-electron chi connectivity index (χ4n) is 6.90. The summed E-state index contributed by atoms with van der Waals surface area (Å²) in [5, 5.41) is 29.7. The van der Waals surface area contributed by atoms with E-state index in [9.17, 15) is 19.5 Å². The number of nitrogens with one attached hydrogen (secondary N) is 1. The van der Waals surface area contributed by atoms with Crippen LogP contribution in [0.1, 0.15) is 160 Å². The lowest BCUT2D eigenvalue weighted by atomic mass is 9.84. The number of nitrogens with two attached hydrogens (primary N) is 2. The molecule has 0 bridgehead atoms. The predicted octanol–water partition coefficient (Wildman–Crippen LogP) is 8.02. The highest BCUT2D eigenvalue weighted by atomic mass is 32.1. The number of carboxylic acids is 1. The lowest BCUT2D eigenvalue weighted by molar-refractivity contribution is -0.147. The zero-order valence-corrected chi connectivity index (χ0v) is 38.7. The molecular formula is C45H80N6O7S. The predicted molar refractivity (Wildman–Crippen MR) is 241 cm³/mol. The number of carboxylic acid groups (broad SMARTS) is 2. The first-order valence-corrected chi connectivity index (χ1v) is 22.4. The Morgan fingerprint density at radius 2 is 1.69 bits per heavy atom. The van der Waals surface area contributed by atoms with Crippen molar-refractivity contribution in [1.29, 1.82) is 0 Å². The second-order valence-corrected chi connectivity index (χ2v) is 17.9. The zero-order chi connectivity index (χ0) is 45.1. The number of hydrogen-bond donors (Lipinski definition) is 6. The summed E-state index contributed by atoms with van der Waals surface area (Å²) in [6.45, 7) is 20.2. The third kappa shape index (κ3) is 22.6. The molecule has 2 amide bonds. The quantitative estimate of drug-likeness (QED) is 0.0325. The number of aliphatic carboxylic acids is 1. The minimum Gasteiger partial charge on any atom is -0.483 e. The van der Waals surface area contributed by atoms with Crippen molar-refractivity contribution in [3.63, 3.8) is 0 Å². The average Bonchev–Trinajstić information content (AvgIpc) is 3.68. The summed E-state index contributed by atoms with van der Waals surface area (Å²) in [6.07, 6.45) is 11.8. The van der Waals surface area contributed by atoms with E-state index in [1.54, 1.807) is 31.4 Å². The molecule has 8 N–H and O–H groups in total. The number of aromatic nitrogens is 1. The van der Waals surface area contributed by atoms with Gasteiger partial charge in [-0.2, -0.15) is 0 Å². The van der Waals surface area contributed by atoms with E-state index in [2.05, 4.69) is 76.4 Å². The van der Waals surface area contributed by atoms with Crippen molar-refractivity contribution in [1.82, 2.24) is 20.1 Å². The molecule has 5 atom stereocenters. The summed E-state index contributed by atoms with van der Waals surface area (Å²) in [6, 6.07) is 7.93. The Labute approximate surface area is 359 Å². The number of likely N-dealkylation sites (tertiary alicyclic amines) is 1. The van der Waals surface area contributed by atoms with Crippen molar-refractivity contribution < 1.29 is 34.5 Å². The number of carbonyl (C=O) groups is 4. The normalized spacial score (nSPS) is 16.1. The summed E-state index contributed by atoms with van der Waals surface area (Å²) in [4.78, 5) is 56.6. The first kappa shape index (κ1) is 55.4. The van der Waals surface area contributed by atoms with Gasteiger partial charge in [0.05, 0.1) is 17.2 Å². The summed E-state index contributed by atoms with van der Waals surface area (Å²) in [5.41, 5.74) is 11.2. The van der Waals surface area contributed by atoms with Crippen molar-refractivity contribution in [2.75, 3.05) is 32.6 Å². The van der Waals surface area contributed by atoms with E-state index in [-0.39, 0.29) is 49.3 Å². The maximum atomic E-state index is 13.5. The van der Waals surface area contributed by atoms with E-state index in [1.165, 1.54) is 43.6 Å². The second kappa shape index (κ2) is 30.4. The number of piperidine rings is 1. The molecule has 0 saturated carbocycles. The van der Waals surface area contributed by atoms with Crippen LogP contribution in [0.5, 0.6) is 0 Å². The average molecular weight is 849 g/mol. The molecule has 1 fully saturated rings. The fraction of sp³-hybridized carbons (Fsp3) is 0.711. The number of anilines is 1. The summed E-state index contributed by atoms with van der Waals surface area (Å²) >= 11 is 1.47. The Bertz CT molecular complexity index is 1440. The number of nitrogens with zero attached hydrogens (tertiary/aromatic N) is 3. The number of rotatable bonds is 20. The molecule has 0 spiro atoms. The van der Waals surface area contributed by atoms with Gasteiger partial charge in [0.2, 0.25) is 5.91 Å². The van der Waals surface area contributed by atoms with Crippen LogP contribution in [-0.2, 0) is 20.8 Å². The molecule has 13 nitrogen and oxygen atoms in total. The highest BCUT2D eigenvalue weighted by Gasteiger charge is 2.33.